The number of aliphatic hydroxyl groups is 3. The van der Waals surface area contributed by atoms with Gasteiger partial charge < -0.3 is 29.5 Å². The summed E-state index contributed by atoms with van der Waals surface area (Å²) >= 11 is 0. The standard InChI is InChI=1S/C27H52O7/c1-3-4-5-6-7-8-9-10-11-12-13-14-15-16-17-18-19-20-23(28)33-21-22-24(29)25(30)26(31)27(32-2)34-22/h22,24-27,29-31H,3-21H2,1-2H3/t22-,24-,25+,26-,27?/m1/s1. The van der Waals surface area contributed by atoms with Crippen molar-refractivity contribution in [2.75, 3.05) is 13.7 Å². The van der Waals surface area contributed by atoms with Crippen molar-refractivity contribution in [3.63, 3.8) is 0 Å². The molecule has 0 aromatic heterocycles. The van der Waals surface area contributed by atoms with Gasteiger partial charge >= 0.3 is 5.97 Å². The zero-order valence-corrected chi connectivity index (χ0v) is 21.8. The first-order chi connectivity index (χ1) is 16.5. The lowest BCUT2D eigenvalue weighted by Gasteiger charge is -2.39. The highest BCUT2D eigenvalue weighted by Crippen LogP contribution is 2.22. The summed E-state index contributed by atoms with van der Waals surface area (Å²) in [6.07, 6.45) is 16.2. The molecule has 1 heterocycles. The molecule has 0 aromatic rings. The Kier molecular flexibility index (Phi) is 18.8. The van der Waals surface area contributed by atoms with Crippen molar-refractivity contribution in [2.24, 2.45) is 0 Å². The molecule has 1 fully saturated rings. The number of rotatable bonds is 21. The van der Waals surface area contributed by atoms with E-state index in [4.69, 9.17) is 14.2 Å². The van der Waals surface area contributed by atoms with E-state index in [1.165, 1.54) is 97.0 Å². The molecule has 0 saturated carbocycles. The molecule has 0 radical (unpaired) electrons. The molecule has 0 aliphatic carbocycles. The maximum atomic E-state index is 11.9. The molecule has 202 valence electrons. The number of methoxy groups -OCH3 is 1. The van der Waals surface area contributed by atoms with Crippen molar-refractivity contribution in [3.05, 3.63) is 0 Å². The van der Waals surface area contributed by atoms with Crippen LogP contribution in [0, 0.1) is 0 Å². The minimum atomic E-state index is -1.41. The Morgan fingerprint density at radius 2 is 1.12 bits per heavy atom. The summed E-state index contributed by atoms with van der Waals surface area (Å²) < 4.78 is 15.5. The number of aliphatic hydroxyl groups excluding tert-OH is 3. The van der Waals surface area contributed by atoms with E-state index >= 15 is 0 Å². The Morgan fingerprint density at radius 3 is 1.56 bits per heavy atom. The molecule has 1 saturated heterocycles. The molecule has 1 aliphatic rings. The second-order valence-corrected chi connectivity index (χ2v) is 9.84. The predicted molar refractivity (Wildman–Crippen MR) is 133 cm³/mol. The third-order valence-corrected chi connectivity index (χ3v) is 6.79. The fourth-order valence-corrected chi connectivity index (χ4v) is 4.49. The molecule has 5 atom stereocenters. The highest BCUT2D eigenvalue weighted by atomic mass is 16.7. The van der Waals surface area contributed by atoms with Gasteiger partial charge in [0, 0.05) is 13.5 Å². The van der Waals surface area contributed by atoms with Crippen molar-refractivity contribution in [2.45, 2.75) is 153 Å². The van der Waals surface area contributed by atoms with E-state index in [1.807, 2.05) is 0 Å². The monoisotopic (exact) mass is 488 g/mol. The average Bonchev–Trinajstić information content (AvgIpc) is 2.84. The molecule has 0 amide bonds. The summed E-state index contributed by atoms with van der Waals surface area (Å²) in [5, 5.41) is 29.6. The molecular weight excluding hydrogens is 436 g/mol. The van der Waals surface area contributed by atoms with Gasteiger partial charge in [-0.3, -0.25) is 4.79 Å². The van der Waals surface area contributed by atoms with Crippen LogP contribution in [0.5, 0.6) is 0 Å². The molecule has 3 N–H and O–H groups in total. The zero-order chi connectivity index (χ0) is 25.0. The summed E-state index contributed by atoms with van der Waals surface area (Å²) in [5.74, 6) is -0.341. The molecule has 7 heteroatoms. The number of hydrogen-bond acceptors (Lipinski definition) is 7. The Bertz CT molecular complexity index is 486. The second-order valence-electron chi connectivity index (χ2n) is 9.84. The topological polar surface area (TPSA) is 105 Å². The maximum absolute atomic E-state index is 11.9. The van der Waals surface area contributed by atoms with Crippen molar-refractivity contribution >= 4 is 5.97 Å². The Balaban J connectivity index is 1.88. The molecule has 1 unspecified atom stereocenters. The van der Waals surface area contributed by atoms with Crippen LogP contribution in [0.1, 0.15) is 122 Å². The second kappa shape index (κ2) is 20.5. The van der Waals surface area contributed by atoms with Gasteiger partial charge in [-0.15, -0.1) is 0 Å². The zero-order valence-electron chi connectivity index (χ0n) is 21.8. The van der Waals surface area contributed by atoms with Gasteiger partial charge in [-0.1, -0.05) is 110 Å². The van der Waals surface area contributed by atoms with Crippen molar-refractivity contribution in [1.29, 1.82) is 0 Å². The van der Waals surface area contributed by atoms with Crippen LogP contribution in [0.4, 0.5) is 0 Å². The Morgan fingerprint density at radius 1 is 0.676 bits per heavy atom. The van der Waals surface area contributed by atoms with Gasteiger partial charge in [0.1, 0.15) is 31.0 Å². The van der Waals surface area contributed by atoms with E-state index in [0.29, 0.717) is 6.42 Å². The molecule has 1 rings (SSSR count). The third-order valence-electron chi connectivity index (χ3n) is 6.79. The summed E-state index contributed by atoms with van der Waals surface area (Å²) in [7, 11) is 1.33. The quantitative estimate of drug-likeness (QED) is 0.154. The van der Waals surface area contributed by atoms with Crippen molar-refractivity contribution < 1.29 is 34.3 Å². The van der Waals surface area contributed by atoms with E-state index in [-0.39, 0.29) is 12.6 Å². The SMILES string of the molecule is CCCCCCCCCCCCCCCCCCCC(=O)OC[C@H]1OC(OC)[C@H](O)[C@@H](O)[C@@H]1O. The minimum Gasteiger partial charge on any atom is -0.463 e. The van der Waals surface area contributed by atoms with Crippen LogP contribution in [-0.4, -0.2) is 65.7 Å². The average molecular weight is 489 g/mol. The van der Waals surface area contributed by atoms with Crippen LogP contribution in [0.25, 0.3) is 0 Å². The van der Waals surface area contributed by atoms with E-state index < -0.39 is 30.7 Å². The van der Waals surface area contributed by atoms with Gasteiger partial charge in [0.15, 0.2) is 6.29 Å². The van der Waals surface area contributed by atoms with E-state index in [9.17, 15) is 20.1 Å². The van der Waals surface area contributed by atoms with Crippen LogP contribution in [-0.2, 0) is 19.0 Å². The molecule has 0 aromatic carbocycles. The van der Waals surface area contributed by atoms with E-state index in [0.717, 1.165) is 19.3 Å². The Hall–Kier alpha value is -0.730. The van der Waals surface area contributed by atoms with Crippen LogP contribution in [0.3, 0.4) is 0 Å². The fraction of sp³-hybridized carbons (Fsp3) is 0.963. The Labute approximate surface area is 207 Å². The summed E-state index contributed by atoms with van der Waals surface area (Å²) in [6, 6.07) is 0. The van der Waals surface area contributed by atoms with Gasteiger partial charge in [-0.25, -0.2) is 0 Å². The molecule has 0 bridgehead atoms. The summed E-state index contributed by atoms with van der Waals surface area (Å²) in [5.41, 5.74) is 0. The van der Waals surface area contributed by atoms with E-state index in [2.05, 4.69) is 6.92 Å². The number of unbranched alkanes of at least 4 members (excludes halogenated alkanes) is 16. The summed E-state index contributed by atoms with van der Waals surface area (Å²) in [6.45, 7) is 2.09. The maximum Gasteiger partial charge on any atom is 0.305 e. The number of ether oxygens (including phenoxy) is 3. The van der Waals surface area contributed by atoms with E-state index in [1.54, 1.807) is 0 Å². The largest absolute Gasteiger partial charge is 0.463 e. The smallest absolute Gasteiger partial charge is 0.305 e. The highest BCUT2D eigenvalue weighted by Gasteiger charge is 2.44. The van der Waals surface area contributed by atoms with Crippen LogP contribution < -0.4 is 0 Å². The summed E-state index contributed by atoms with van der Waals surface area (Å²) in [4.78, 5) is 11.9. The van der Waals surface area contributed by atoms with Crippen LogP contribution >= 0.6 is 0 Å². The molecule has 34 heavy (non-hydrogen) atoms. The van der Waals surface area contributed by atoms with Gasteiger partial charge in [-0.2, -0.15) is 0 Å². The first-order valence-electron chi connectivity index (χ1n) is 13.9. The molecule has 0 spiro atoms. The van der Waals surface area contributed by atoms with Crippen LogP contribution in [0.2, 0.25) is 0 Å². The molecule has 7 nitrogen and oxygen atoms in total. The first kappa shape index (κ1) is 31.3. The number of esters is 1. The normalized spacial score (nSPS) is 24.9. The number of hydrogen-bond donors (Lipinski definition) is 3. The predicted octanol–water partition coefficient (Wildman–Crippen LogP) is 5.03. The van der Waals surface area contributed by atoms with Crippen molar-refractivity contribution in [3.8, 4) is 0 Å². The lowest BCUT2D eigenvalue weighted by molar-refractivity contribution is -0.295. The highest BCUT2D eigenvalue weighted by molar-refractivity contribution is 5.69. The first-order valence-corrected chi connectivity index (χ1v) is 13.9. The van der Waals surface area contributed by atoms with Gasteiger partial charge in [0.2, 0.25) is 0 Å². The minimum absolute atomic E-state index is 0.178. The number of carbonyl (C=O) groups is 1. The molecule has 1 aliphatic heterocycles. The third kappa shape index (κ3) is 14.0. The molecular formula is C27H52O7. The lowest BCUT2D eigenvalue weighted by atomic mass is 9.99. The fourth-order valence-electron chi connectivity index (χ4n) is 4.49. The lowest BCUT2D eigenvalue weighted by Crippen LogP contribution is -2.59. The number of carbonyl (C=O) groups excluding carboxylic acids is 1. The van der Waals surface area contributed by atoms with Gasteiger partial charge in [0.05, 0.1) is 0 Å². The van der Waals surface area contributed by atoms with Crippen molar-refractivity contribution in [1.82, 2.24) is 0 Å². The van der Waals surface area contributed by atoms with Crippen LogP contribution in [0.15, 0.2) is 0 Å². The van der Waals surface area contributed by atoms with Gasteiger partial charge in [-0.05, 0) is 6.42 Å². The van der Waals surface area contributed by atoms with Gasteiger partial charge in [0.25, 0.3) is 0 Å².